The number of nitrogens with one attached hydrogen (secondary N) is 1. The molecule has 17 heavy (non-hydrogen) atoms. The van der Waals surface area contributed by atoms with Crippen LogP contribution in [0, 0.1) is 6.92 Å². The largest absolute Gasteiger partial charge is 0.394 e. The maximum absolute atomic E-state index is 8.99. The van der Waals surface area contributed by atoms with Crippen molar-refractivity contribution in [2.24, 2.45) is 10.7 Å². The summed E-state index contributed by atoms with van der Waals surface area (Å²) in [6, 6.07) is 7.76. The molecule has 0 saturated heterocycles. The third-order valence-electron chi connectivity index (χ3n) is 2.33. The summed E-state index contributed by atoms with van der Waals surface area (Å²) >= 11 is 0. The van der Waals surface area contributed by atoms with E-state index in [1.807, 2.05) is 38.1 Å². The molecule has 0 spiro atoms. The minimum Gasteiger partial charge on any atom is -0.394 e. The van der Waals surface area contributed by atoms with Gasteiger partial charge >= 0.3 is 0 Å². The number of anilines is 1. The molecule has 96 valence electrons. The maximum atomic E-state index is 8.99. The molecule has 1 atom stereocenters. The van der Waals surface area contributed by atoms with Gasteiger partial charge in [-0.2, -0.15) is 0 Å². The maximum Gasteiger partial charge on any atom is 0.193 e. The Morgan fingerprint density at radius 1 is 1.41 bits per heavy atom. The molecule has 1 aromatic carbocycles. The molecule has 0 fully saturated rings. The van der Waals surface area contributed by atoms with Crippen LogP contribution in [0.25, 0.3) is 0 Å². The molecule has 0 aliphatic heterocycles. The average Bonchev–Trinajstić information content (AvgIpc) is 2.29. The first-order chi connectivity index (χ1) is 7.65. The van der Waals surface area contributed by atoms with Crippen molar-refractivity contribution in [1.29, 1.82) is 0 Å². The van der Waals surface area contributed by atoms with E-state index in [1.54, 1.807) is 0 Å². The molecular formula is C12H20IN3O. The predicted molar refractivity (Wildman–Crippen MR) is 83.0 cm³/mol. The number of nitrogens with two attached hydrogens (primary N) is 1. The first-order valence-corrected chi connectivity index (χ1v) is 5.43. The topological polar surface area (TPSA) is 70.6 Å². The Morgan fingerprint density at radius 2 is 2.00 bits per heavy atom. The highest BCUT2D eigenvalue weighted by molar-refractivity contribution is 14.0. The summed E-state index contributed by atoms with van der Waals surface area (Å²) in [5.41, 5.74) is 7.82. The molecule has 1 rings (SSSR count). The van der Waals surface area contributed by atoms with Crippen LogP contribution in [0.5, 0.6) is 0 Å². The van der Waals surface area contributed by atoms with Gasteiger partial charge in [-0.25, -0.2) is 4.99 Å². The van der Waals surface area contributed by atoms with Crippen LogP contribution in [0.3, 0.4) is 0 Å². The number of aliphatic hydroxyl groups excluding tert-OH is 1. The van der Waals surface area contributed by atoms with Crippen molar-refractivity contribution in [3.05, 3.63) is 29.8 Å². The van der Waals surface area contributed by atoms with Crippen LogP contribution in [0.15, 0.2) is 29.3 Å². The molecular weight excluding hydrogens is 329 g/mol. The van der Waals surface area contributed by atoms with Crippen LogP contribution in [0.2, 0.25) is 0 Å². The van der Waals surface area contributed by atoms with Gasteiger partial charge in [0.2, 0.25) is 0 Å². The second kappa shape index (κ2) is 8.30. The van der Waals surface area contributed by atoms with Gasteiger partial charge in [0, 0.05) is 5.69 Å². The lowest BCUT2D eigenvalue weighted by Crippen LogP contribution is -2.26. The summed E-state index contributed by atoms with van der Waals surface area (Å²) in [4.78, 5) is 4.16. The summed E-state index contributed by atoms with van der Waals surface area (Å²) < 4.78 is 0. The molecule has 0 unspecified atom stereocenters. The van der Waals surface area contributed by atoms with E-state index in [2.05, 4.69) is 10.3 Å². The molecule has 0 bridgehead atoms. The number of halogens is 1. The molecule has 0 saturated carbocycles. The normalized spacial score (nSPS) is 12.8. The number of hydrogen-bond donors (Lipinski definition) is 3. The quantitative estimate of drug-likeness (QED) is 0.443. The van der Waals surface area contributed by atoms with Gasteiger partial charge in [-0.15, -0.1) is 24.0 Å². The van der Waals surface area contributed by atoms with Crippen LogP contribution in [0.4, 0.5) is 5.69 Å². The fourth-order valence-corrected chi connectivity index (χ4v) is 1.27. The van der Waals surface area contributed by atoms with Crippen molar-refractivity contribution < 1.29 is 5.11 Å². The molecule has 1 aromatic rings. The standard InChI is InChI=1S/C12H19N3O.HI/c1-3-10(8-16)14-12(13)15-11-6-4-9(2)5-7-11;/h4-7,10,16H,3,8H2,1-2H3,(H3,13,14,15);1H/t10-;/m1./s1. The first kappa shape index (κ1) is 16.2. The average molecular weight is 349 g/mol. The summed E-state index contributed by atoms with van der Waals surface area (Å²) in [5.74, 6) is 0.338. The van der Waals surface area contributed by atoms with Crippen molar-refractivity contribution in [2.75, 3.05) is 11.9 Å². The number of hydrogen-bond acceptors (Lipinski definition) is 2. The Kier molecular flexibility index (Phi) is 7.90. The van der Waals surface area contributed by atoms with Gasteiger partial charge in [0.15, 0.2) is 5.96 Å². The van der Waals surface area contributed by atoms with Gasteiger partial charge < -0.3 is 16.2 Å². The fraction of sp³-hybridized carbons (Fsp3) is 0.417. The number of guanidine groups is 1. The minimum absolute atomic E-state index is 0. The highest BCUT2D eigenvalue weighted by Gasteiger charge is 2.02. The van der Waals surface area contributed by atoms with Crippen molar-refractivity contribution in [3.8, 4) is 0 Å². The van der Waals surface area contributed by atoms with Crippen LogP contribution in [-0.2, 0) is 0 Å². The van der Waals surface area contributed by atoms with E-state index < -0.39 is 0 Å². The molecule has 4 nitrogen and oxygen atoms in total. The second-order valence-electron chi connectivity index (χ2n) is 3.75. The lowest BCUT2D eigenvalue weighted by Gasteiger charge is -2.10. The van der Waals surface area contributed by atoms with E-state index in [9.17, 15) is 0 Å². The summed E-state index contributed by atoms with van der Waals surface area (Å²) in [6.45, 7) is 4.01. The Morgan fingerprint density at radius 3 is 2.47 bits per heavy atom. The van der Waals surface area contributed by atoms with Gasteiger partial charge in [0.25, 0.3) is 0 Å². The first-order valence-electron chi connectivity index (χ1n) is 5.43. The van der Waals surface area contributed by atoms with Gasteiger partial charge in [-0.3, -0.25) is 0 Å². The van der Waals surface area contributed by atoms with E-state index >= 15 is 0 Å². The third-order valence-corrected chi connectivity index (χ3v) is 2.33. The van der Waals surface area contributed by atoms with E-state index in [0.717, 1.165) is 12.1 Å². The number of rotatable bonds is 4. The number of aliphatic hydroxyl groups is 1. The lowest BCUT2D eigenvalue weighted by atomic mass is 10.2. The second-order valence-corrected chi connectivity index (χ2v) is 3.75. The van der Waals surface area contributed by atoms with Crippen molar-refractivity contribution in [2.45, 2.75) is 26.3 Å². The van der Waals surface area contributed by atoms with Crippen molar-refractivity contribution >= 4 is 35.6 Å². The molecule has 0 heterocycles. The monoisotopic (exact) mass is 349 g/mol. The van der Waals surface area contributed by atoms with E-state index in [0.29, 0.717) is 5.96 Å². The fourth-order valence-electron chi connectivity index (χ4n) is 1.27. The number of aryl methyl sites for hydroxylation is 1. The Hall–Kier alpha value is -0.820. The number of aliphatic imine (C=N–C) groups is 1. The zero-order valence-electron chi connectivity index (χ0n) is 10.2. The van der Waals surface area contributed by atoms with Gasteiger partial charge in [0.1, 0.15) is 0 Å². The smallest absolute Gasteiger partial charge is 0.193 e. The Balaban J connectivity index is 0.00000256. The van der Waals surface area contributed by atoms with Crippen LogP contribution >= 0.6 is 24.0 Å². The van der Waals surface area contributed by atoms with Crippen LogP contribution < -0.4 is 11.1 Å². The number of benzene rings is 1. The van der Waals surface area contributed by atoms with Crippen LogP contribution in [0.1, 0.15) is 18.9 Å². The third kappa shape index (κ3) is 5.88. The zero-order chi connectivity index (χ0) is 12.0. The van der Waals surface area contributed by atoms with Crippen molar-refractivity contribution in [3.63, 3.8) is 0 Å². The van der Waals surface area contributed by atoms with E-state index in [1.165, 1.54) is 5.56 Å². The molecule has 0 aromatic heterocycles. The SMILES string of the molecule is CC[C@H](CO)N=C(N)Nc1ccc(C)cc1.I. The van der Waals surface area contributed by atoms with Crippen LogP contribution in [-0.4, -0.2) is 23.7 Å². The molecule has 0 amide bonds. The van der Waals surface area contributed by atoms with E-state index in [4.69, 9.17) is 10.8 Å². The van der Waals surface area contributed by atoms with Crippen molar-refractivity contribution in [1.82, 2.24) is 0 Å². The van der Waals surface area contributed by atoms with Gasteiger partial charge in [-0.1, -0.05) is 24.6 Å². The molecule has 0 aliphatic rings. The van der Waals surface area contributed by atoms with E-state index in [-0.39, 0.29) is 36.6 Å². The molecule has 0 aliphatic carbocycles. The Bertz CT molecular complexity index is 347. The van der Waals surface area contributed by atoms with Gasteiger partial charge in [-0.05, 0) is 25.5 Å². The summed E-state index contributed by atoms with van der Waals surface area (Å²) in [6.07, 6.45) is 0.771. The zero-order valence-corrected chi connectivity index (χ0v) is 12.5. The predicted octanol–water partition coefficient (Wildman–Crippen LogP) is 2.11. The Labute approximate surface area is 119 Å². The molecule has 4 N–H and O–H groups in total. The lowest BCUT2D eigenvalue weighted by molar-refractivity contribution is 0.264. The molecule has 5 heteroatoms. The molecule has 0 radical (unpaired) electrons. The summed E-state index contributed by atoms with van der Waals surface area (Å²) in [5, 5.41) is 12.0. The highest BCUT2D eigenvalue weighted by atomic mass is 127. The highest BCUT2D eigenvalue weighted by Crippen LogP contribution is 2.08. The number of nitrogens with zero attached hydrogens (tertiary/aromatic N) is 1. The summed E-state index contributed by atoms with van der Waals surface area (Å²) in [7, 11) is 0. The minimum atomic E-state index is -0.127. The van der Waals surface area contributed by atoms with Gasteiger partial charge in [0.05, 0.1) is 12.6 Å².